The Hall–Kier alpha value is -2.34. The molecule has 0 spiro atoms. The Kier molecular flexibility index (Phi) is 5.61. The van der Waals surface area contributed by atoms with E-state index < -0.39 is 0 Å². The molecule has 2 heterocycles. The van der Waals surface area contributed by atoms with Crippen molar-refractivity contribution in [1.29, 1.82) is 0 Å². The van der Waals surface area contributed by atoms with E-state index in [9.17, 15) is 4.79 Å². The number of fused-ring (bicyclic) bond motifs is 1. The summed E-state index contributed by atoms with van der Waals surface area (Å²) in [5, 5.41) is 7.27. The molecule has 0 fully saturated rings. The average molecular weight is 357 g/mol. The van der Waals surface area contributed by atoms with Crippen molar-refractivity contribution in [2.24, 2.45) is 0 Å². The van der Waals surface area contributed by atoms with Crippen LogP contribution in [0, 0.1) is 0 Å². The molecule has 6 nitrogen and oxygen atoms in total. The molecule has 0 radical (unpaired) electrons. The summed E-state index contributed by atoms with van der Waals surface area (Å²) in [6.45, 7) is 4.70. The second-order valence-corrected chi connectivity index (χ2v) is 6.94. The summed E-state index contributed by atoms with van der Waals surface area (Å²) < 4.78 is 11.0. The Labute approximate surface area is 154 Å². The average Bonchev–Trinajstić information content (AvgIpc) is 3.05. The number of carbonyl (C=O) groups excluding carboxylic acids is 1. The van der Waals surface area contributed by atoms with Crippen LogP contribution < -0.4 is 4.74 Å². The lowest BCUT2D eigenvalue weighted by Gasteiger charge is -2.25. The van der Waals surface area contributed by atoms with Crippen LogP contribution in [0.2, 0.25) is 0 Å². The van der Waals surface area contributed by atoms with Crippen LogP contribution in [0.15, 0.2) is 24.3 Å². The van der Waals surface area contributed by atoms with Crippen LogP contribution in [0.4, 0.5) is 0 Å². The fourth-order valence-corrected chi connectivity index (χ4v) is 3.45. The minimum absolute atomic E-state index is 0.0291. The Balaban J connectivity index is 1.58. The predicted octanol–water partition coefficient (Wildman–Crippen LogP) is 3.15. The predicted molar refractivity (Wildman–Crippen MR) is 99.5 cm³/mol. The highest BCUT2D eigenvalue weighted by Crippen LogP contribution is 2.30. The Morgan fingerprint density at radius 2 is 2.08 bits per heavy atom. The molecule has 1 aromatic heterocycles. The van der Waals surface area contributed by atoms with Crippen molar-refractivity contribution in [2.75, 3.05) is 20.7 Å². The van der Waals surface area contributed by atoms with Crippen molar-refractivity contribution >= 4 is 5.91 Å². The molecule has 6 heteroatoms. The first-order chi connectivity index (χ1) is 12.5. The number of nitrogens with one attached hydrogen (secondary N) is 1. The smallest absolute Gasteiger partial charge is 0.274 e. The zero-order valence-corrected chi connectivity index (χ0v) is 15.9. The Bertz CT molecular complexity index is 754. The van der Waals surface area contributed by atoms with Crippen LogP contribution in [-0.4, -0.2) is 47.8 Å². The molecule has 0 saturated carbocycles. The van der Waals surface area contributed by atoms with E-state index in [-0.39, 0.29) is 18.1 Å². The van der Waals surface area contributed by atoms with Crippen LogP contribution in [0.1, 0.15) is 53.7 Å². The zero-order valence-electron chi connectivity index (χ0n) is 15.9. The second-order valence-electron chi connectivity index (χ2n) is 6.94. The molecule has 1 aliphatic heterocycles. The number of benzene rings is 1. The third-order valence-corrected chi connectivity index (χ3v) is 4.90. The maximum absolute atomic E-state index is 12.8. The SMILES string of the molecule is COc1ccc(CCCN(C)C(=O)c2n[nH]c3c2C[C@H](C)O[C@@H]3C)cc1. The summed E-state index contributed by atoms with van der Waals surface area (Å²) in [4.78, 5) is 14.6. The minimum Gasteiger partial charge on any atom is -0.497 e. The number of carbonyl (C=O) groups is 1. The van der Waals surface area contributed by atoms with Gasteiger partial charge in [-0.1, -0.05) is 12.1 Å². The summed E-state index contributed by atoms with van der Waals surface area (Å²) in [6, 6.07) is 8.05. The number of amides is 1. The molecule has 0 unspecified atom stereocenters. The molecule has 26 heavy (non-hydrogen) atoms. The van der Waals surface area contributed by atoms with Gasteiger partial charge in [0.2, 0.25) is 0 Å². The molecule has 1 aromatic carbocycles. The van der Waals surface area contributed by atoms with E-state index in [0.717, 1.165) is 36.3 Å². The summed E-state index contributed by atoms with van der Waals surface area (Å²) in [6.07, 6.45) is 2.58. The highest BCUT2D eigenvalue weighted by molar-refractivity contribution is 5.94. The van der Waals surface area contributed by atoms with Crippen molar-refractivity contribution in [3.63, 3.8) is 0 Å². The van der Waals surface area contributed by atoms with Crippen molar-refractivity contribution in [2.45, 2.75) is 45.3 Å². The summed E-state index contributed by atoms with van der Waals surface area (Å²) in [5.41, 5.74) is 3.71. The molecule has 0 aliphatic carbocycles. The number of rotatable bonds is 6. The zero-order chi connectivity index (χ0) is 18.7. The third kappa shape index (κ3) is 3.90. The van der Waals surface area contributed by atoms with Crippen LogP contribution in [0.5, 0.6) is 5.75 Å². The number of methoxy groups -OCH3 is 1. The standard InChI is InChI=1S/C20H27N3O3/c1-13-12-17-18(14(2)26-13)21-22-19(17)20(24)23(3)11-5-6-15-7-9-16(25-4)10-8-15/h7-10,13-14H,5-6,11-12H2,1-4H3,(H,21,22)/t13-,14+/m0/s1. The number of hydrogen-bond acceptors (Lipinski definition) is 4. The number of ether oxygens (including phenoxy) is 2. The number of hydrogen-bond donors (Lipinski definition) is 1. The van der Waals surface area contributed by atoms with Gasteiger partial charge in [0.15, 0.2) is 5.69 Å². The maximum Gasteiger partial charge on any atom is 0.274 e. The molecule has 2 aromatic rings. The lowest BCUT2D eigenvalue weighted by molar-refractivity contribution is -0.00701. The van der Waals surface area contributed by atoms with Gasteiger partial charge in [-0.15, -0.1) is 0 Å². The summed E-state index contributed by atoms with van der Waals surface area (Å²) in [7, 11) is 3.50. The number of aromatic nitrogens is 2. The number of aromatic amines is 1. The van der Waals surface area contributed by atoms with E-state index in [1.54, 1.807) is 12.0 Å². The quantitative estimate of drug-likeness (QED) is 0.862. The van der Waals surface area contributed by atoms with Gasteiger partial charge in [-0.05, 0) is 44.4 Å². The van der Waals surface area contributed by atoms with Gasteiger partial charge in [0.1, 0.15) is 5.75 Å². The third-order valence-electron chi connectivity index (χ3n) is 4.90. The number of H-pyrrole nitrogens is 1. The van der Waals surface area contributed by atoms with E-state index >= 15 is 0 Å². The Morgan fingerprint density at radius 1 is 1.35 bits per heavy atom. The molecule has 2 atom stereocenters. The molecular weight excluding hydrogens is 330 g/mol. The fourth-order valence-electron chi connectivity index (χ4n) is 3.45. The van der Waals surface area contributed by atoms with Crippen LogP contribution in [-0.2, 0) is 17.6 Å². The first-order valence-corrected chi connectivity index (χ1v) is 9.10. The highest BCUT2D eigenvalue weighted by atomic mass is 16.5. The van der Waals surface area contributed by atoms with Gasteiger partial charge in [0.05, 0.1) is 25.0 Å². The van der Waals surface area contributed by atoms with Gasteiger partial charge in [-0.3, -0.25) is 9.89 Å². The second kappa shape index (κ2) is 7.91. The normalized spacial score (nSPS) is 19.1. The highest BCUT2D eigenvalue weighted by Gasteiger charge is 2.30. The topological polar surface area (TPSA) is 67.5 Å². The van der Waals surface area contributed by atoms with Crippen molar-refractivity contribution < 1.29 is 14.3 Å². The summed E-state index contributed by atoms with van der Waals surface area (Å²) in [5.74, 6) is 0.829. The lowest BCUT2D eigenvalue weighted by atomic mass is 9.99. The lowest BCUT2D eigenvalue weighted by Crippen LogP contribution is -2.30. The largest absolute Gasteiger partial charge is 0.497 e. The fraction of sp³-hybridized carbons (Fsp3) is 0.500. The van der Waals surface area contributed by atoms with Gasteiger partial charge in [0.25, 0.3) is 5.91 Å². The minimum atomic E-state index is -0.0526. The van der Waals surface area contributed by atoms with E-state index in [0.29, 0.717) is 12.2 Å². The molecule has 0 saturated heterocycles. The van der Waals surface area contributed by atoms with Gasteiger partial charge in [-0.2, -0.15) is 5.10 Å². The van der Waals surface area contributed by atoms with Crippen LogP contribution >= 0.6 is 0 Å². The maximum atomic E-state index is 12.8. The van der Waals surface area contributed by atoms with Gasteiger partial charge >= 0.3 is 0 Å². The summed E-state index contributed by atoms with van der Waals surface area (Å²) >= 11 is 0. The van der Waals surface area contributed by atoms with Crippen LogP contribution in [0.3, 0.4) is 0 Å². The van der Waals surface area contributed by atoms with E-state index in [2.05, 4.69) is 22.3 Å². The molecule has 1 N–H and O–H groups in total. The molecule has 1 amide bonds. The molecule has 140 valence electrons. The molecule has 0 bridgehead atoms. The molecular formula is C20H27N3O3. The monoisotopic (exact) mass is 357 g/mol. The first kappa shape index (κ1) is 18.5. The molecule has 1 aliphatic rings. The van der Waals surface area contributed by atoms with Crippen molar-refractivity contribution in [1.82, 2.24) is 15.1 Å². The van der Waals surface area contributed by atoms with E-state index in [4.69, 9.17) is 9.47 Å². The van der Waals surface area contributed by atoms with Crippen molar-refractivity contribution in [3.8, 4) is 5.75 Å². The van der Waals surface area contributed by atoms with Crippen molar-refractivity contribution in [3.05, 3.63) is 46.8 Å². The van der Waals surface area contributed by atoms with Crippen LogP contribution in [0.25, 0.3) is 0 Å². The number of aryl methyl sites for hydroxylation is 1. The van der Waals surface area contributed by atoms with Gasteiger partial charge < -0.3 is 14.4 Å². The van der Waals surface area contributed by atoms with Gasteiger partial charge in [-0.25, -0.2) is 0 Å². The number of nitrogens with zero attached hydrogens (tertiary/aromatic N) is 2. The van der Waals surface area contributed by atoms with E-state index in [1.807, 2.05) is 33.0 Å². The molecule has 3 rings (SSSR count). The Morgan fingerprint density at radius 3 is 2.77 bits per heavy atom. The van der Waals surface area contributed by atoms with Gasteiger partial charge in [0, 0.05) is 25.6 Å². The van der Waals surface area contributed by atoms with E-state index in [1.165, 1.54) is 5.56 Å². The first-order valence-electron chi connectivity index (χ1n) is 9.10.